The quantitative estimate of drug-likeness (QED) is 0.688. The number of nitrogens with one attached hydrogen (secondary N) is 1. The molecule has 1 aliphatic heterocycles. The monoisotopic (exact) mass is 412 g/mol. The fraction of sp³-hybridized carbons (Fsp3) is 0.304. The van der Waals surface area contributed by atoms with Gasteiger partial charge in [0.25, 0.3) is 5.91 Å². The van der Waals surface area contributed by atoms with Gasteiger partial charge in [0.1, 0.15) is 11.5 Å². The first-order chi connectivity index (χ1) is 13.9. The minimum Gasteiger partial charge on any atom is -0.364 e. The molecule has 1 aromatic heterocycles. The lowest BCUT2D eigenvalue weighted by molar-refractivity contribution is 0.0996. The van der Waals surface area contributed by atoms with Crippen molar-refractivity contribution >= 4 is 16.8 Å². The second kappa shape index (κ2) is 8.85. The third kappa shape index (κ3) is 4.47. The summed E-state index contributed by atoms with van der Waals surface area (Å²) in [6, 6.07) is 14.9. The topological polar surface area (TPSA) is 71.2 Å². The zero-order valence-corrected chi connectivity index (χ0v) is 17.1. The molecule has 1 unspecified atom stereocenters. The van der Waals surface area contributed by atoms with E-state index in [1.54, 1.807) is 18.2 Å². The van der Waals surface area contributed by atoms with Gasteiger partial charge in [-0.2, -0.15) is 0 Å². The molecule has 3 aromatic rings. The van der Waals surface area contributed by atoms with Crippen molar-refractivity contribution in [3.05, 3.63) is 65.6 Å². The Morgan fingerprint density at radius 3 is 2.63 bits per heavy atom. The summed E-state index contributed by atoms with van der Waals surface area (Å²) >= 11 is 0. The number of carbonyl (C=O) groups excluding carboxylic acids is 1. The lowest BCUT2D eigenvalue weighted by atomic mass is 9.98. The van der Waals surface area contributed by atoms with Crippen molar-refractivity contribution in [2.45, 2.75) is 32.5 Å². The molecule has 2 aromatic carbocycles. The minimum absolute atomic E-state index is 0. The molecule has 2 atom stereocenters. The molecule has 1 amide bonds. The van der Waals surface area contributed by atoms with Gasteiger partial charge < -0.3 is 11.1 Å². The van der Waals surface area contributed by atoms with Crippen molar-refractivity contribution in [3.8, 4) is 11.1 Å². The molecule has 1 aliphatic rings. The van der Waals surface area contributed by atoms with E-state index in [2.05, 4.69) is 35.1 Å². The van der Waals surface area contributed by atoms with Gasteiger partial charge in [-0.05, 0) is 54.8 Å². The maximum atomic E-state index is 13.4. The van der Waals surface area contributed by atoms with Gasteiger partial charge in [-0.3, -0.25) is 14.4 Å². The Morgan fingerprint density at radius 2 is 1.93 bits per heavy atom. The summed E-state index contributed by atoms with van der Waals surface area (Å²) in [4.78, 5) is 18.8. The van der Waals surface area contributed by atoms with Crippen LogP contribution >= 0.6 is 0 Å². The van der Waals surface area contributed by atoms with Crippen LogP contribution in [0.3, 0.4) is 0 Å². The molecule has 158 valence electrons. The van der Waals surface area contributed by atoms with Gasteiger partial charge >= 0.3 is 0 Å². The summed E-state index contributed by atoms with van der Waals surface area (Å²) in [6.07, 6.45) is 0. The Hall–Kier alpha value is -2.90. The predicted octanol–water partition coefficient (Wildman–Crippen LogP) is 3.47. The van der Waals surface area contributed by atoms with Gasteiger partial charge in [-0.1, -0.05) is 24.3 Å². The molecule has 30 heavy (non-hydrogen) atoms. The molecule has 1 fully saturated rings. The highest BCUT2D eigenvalue weighted by molar-refractivity contribution is 6.00. The fourth-order valence-corrected chi connectivity index (χ4v) is 3.92. The zero-order chi connectivity index (χ0) is 20.5. The van der Waals surface area contributed by atoms with Crippen LogP contribution in [0.4, 0.5) is 9.09 Å². The van der Waals surface area contributed by atoms with Gasteiger partial charge in [0.05, 0.1) is 5.52 Å². The molecule has 0 radical (unpaired) electrons. The average Bonchev–Trinajstić information content (AvgIpc) is 2.70. The number of aromatic nitrogens is 1. The molecule has 1 saturated heterocycles. The smallest absolute Gasteiger partial charge is 0.267 e. The zero-order valence-electron chi connectivity index (χ0n) is 17.1. The van der Waals surface area contributed by atoms with Gasteiger partial charge in [0.15, 0.2) is 0 Å². The highest BCUT2D eigenvalue weighted by atomic mass is 19.1. The van der Waals surface area contributed by atoms with Gasteiger partial charge in [0, 0.05) is 37.1 Å². The molecule has 3 N–H and O–H groups in total. The molecule has 0 spiro atoms. The van der Waals surface area contributed by atoms with E-state index in [-0.39, 0.29) is 16.2 Å². The van der Waals surface area contributed by atoms with E-state index >= 15 is 0 Å². The molecule has 4 rings (SSSR count). The Morgan fingerprint density at radius 1 is 1.20 bits per heavy atom. The molecule has 5 nitrogen and oxygen atoms in total. The summed E-state index contributed by atoms with van der Waals surface area (Å²) in [5.41, 5.74) is 9.22. The van der Waals surface area contributed by atoms with Crippen LogP contribution in [0.5, 0.6) is 0 Å². The van der Waals surface area contributed by atoms with Crippen molar-refractivity contribution in [1.82, 2.24) is 15.2 Å². The molecule has 0 aliphatic carbocycles. The highest BCUT2D eigenvalue weighted by Crippen LogP contribution is 2.30. The van der Waals surface area contributed by atoms with E-state index in [1.165, 1.54) is 12.1 Å². The van der Waals surface area contributed by atoms with Crippen LogP contribution in [-0.4, -0.2) is 41.0 Å². The number of pyridine rings is 1. The van der Waals surface area contributed by atoms with Crippen LogP contribution in [0.2, 0.25) is 0 Å². The van der Waals surface area contributed by atoms with E-state index in [9.17, 15) is 9.18 Å². The minimum atomic E-state index is -0.579. The Labute approximate surface area is 174 Å². The first-order valence-corrected chi connectivity index (χ1v) is 9.87. The van der Waals surface area contributed by atoms with Crippen molar-refractivity contribution in [2.24, 2.45) is 5.73 Å². The average molecular weight is 412 g/mol. The highest BCUT2D eigenvalue weighted by Gasteiger charge is 2.22. The molecule has 2 heterocycles. The number of nitrogens with zero attached hydrogens (tertiary/aromatic N) is 2. The van der Waals surface area contributed by atoms with Crippen molar-refractivity contribution in [2.75, 3.05) is 13.1 Å². The lowest BCUT2D eigenvalue weighted by Crippen LogP contribution is -2.53. The van der Waals surface area contributed by atoms with Crippen molar-refractivity contribution < 1.29 is 13.9 Å². The number of fused-ring (bicyclic) bond motifs is 1. The standard InChI is InChI=1S/C23H25FN4O.FH/c1-14-12-28(15(2)11-26-14)13-16-3-8-19-20(17-4-6-18(24)7-5-17)10-22(23(25)29)27-21(19)9-16;/h3-10,14-15,26H,11-13H2,1-2H3,(H2,25,29);1H/t14?,15-;/m0./s1. The second-order valence-corrected chi connectivity index (χ2v) is 7.87. The lowest BCUT2D eigenvalue weighted by Gasteiger charge is -2.37. The first kappa shape index (κ1) is 21.8. The van der Waals surface area contributed by atoms with E-state index in [4.69, 9.17) is 5.73 Å². The van der Waals surface area contributed by atoms with Crippen LogP contribution in [0.15, 0.2) is 48.5 Å². The summed E-state index contributed by atoms with van der Waals surface area (Å²) in [6.45, 7) is 7.17. The molecular weight excluding hydrogens is 386 g/mol. The van der Waals surface area contributed by atoms with E-state index in [0.29, 0.717) is 17.6 Å². The number of primary amides is 1. The van der Waals surface area contributed by atoms with Crippen molar-refractivity contribution in [3.63, 3.8) is 0 Å². The molecule has 0 bridgehead atoms. The Kier molecular flexibility index (Phi) is 6.43. The first-order valence-electron chi connectivity index (χ1n) is 9.87. The number of piperazine rings is 1. The summed E-state index contributed by atoms with van der Waals surface area (Å²) < 4.78 is 13.4. The summed E-state index contributed by atoms with van der Waals surface area (Å²) in [7, 11) is 0. The van der Waals surface area contributed by atoms with E-state index < -0.39 is 5.91 Å². The number of nitrogens with two attached hydrogens (primary N) is 1. The molecule has 7 heteroatoms. The van der Waals surface area contributed by atoms with Crippen LogP contribution in [-0.2, 0) is 6.54 Å². The number of carbonyl (C=O) groups is 1. The van der Waals surface area contributed by atoms with Crippen molar-refractivity contribution in [1.29, 1.82) is 0 Å². The van der Waals surface area contributed by atoms with E-state index in [1.807, 2.05) is 12.1 Å². The largest absolute Gasteiger partial charge is 0.364 e. The van der Waals surface area contributed by atoms with Gasteiger partial charge in [-0.15, -0.1) is 0 Å². The third-order valence-corrected chi connectivity index (χ3v) is 5.56. The predicted molar refractivity (Wildman–Crippen MR) is 115 cm³/mol. The number of hydrogen-bond acceptors (Lipinski definition) is 4. The number of amides is 1. The Balaban J connectivity index is 0.00000256. The normalized spacial score (nSPS) is 19.4. The maximum absolute atomic E-state index is 13.4. The summed E-state index contributed by atoms with van der Waals surface area (Å²) in [5.74, 6) is -0.880. The second-order valence-electron chi connectivity index (χ2n) is 7.87. The number of benzene rings is 2. The third-order valence-electron chi connectivity index (χ3n) is 5.56. The van der Waals surface area contributed by atoms with Gasteiger partial charge in [-0.25, -0.2) is 9.37 Å². The molecule has 0 saturated carbocycles. The van der Waals surface area contributed by atoms with Crippen LogP contribution in [0.25, 0.3) is 22.0 Å². The van der Waals surface area contributed by atoms with E-state index in [0.717, 1.165) is 41.7 Å². The number of hydrogen-bond donors (Lipinski definition) is 2. The number of rotatable bonds is 4. The SMILES string of the molecule is CC1CN(Cc2ccc3c(-c4ccc(F)cc4)cc(C(N)=O)nc3c2)[C@@H](C)CN1.F. The molecular formula is C23H26F2N4O. The maximum Gasteiger partial charge on any atom is 0.267 e. The fourth-order valence-electron chi connectivity index (χ4n) is 3.92. The van der Waals surface area contributed by atoms with Crippen LogP contribution in [0.1, 0.15) is 29.9 Å². The van der Waals surface area contributed by atoms with Crippen LogP contribution in [0, 0.1) is 5.82 Å². The Bertz CT molecular complexity index is 1060. The summed E-state index contributed by atoms with van der Waals surface area (Å²) in [5, 5.41) is 4.40. The number of halogens is 2. The van der Waals surface area contributed by atoms with Crippen LogP contribution < -0.4 is 11.1 Å². The van der Waals surface area contributed by atoms with Gasteiger partial charge in [0.2, 0.25) is 0 Å².